The molecular formula is C14H26N4O. The van der Waals surface area contributed by atoms with Gasteiger partial charge in [0.2, 0.25) is 0 Å². The van der Waals surface area contributed by atoms with Gasteiger partial charge in [-0.3, -0.25) is 0 Å². The number of rotatable bonds is 8. The van der Waals surface area contributed by atoms with Crippen molar-refractivity contribution in [3.05, 3.63) is 12.2 Å². The topological polar surface area (TPSA) is 52.0 Å². The lowest BCUT2D eigenvalue weighted by molar-refractivity contribution is 0.101. The van der Waals surface area contributed by atoms with Crippen LogP contribution < -0.4 is 5.32 Å². The third kappa shape index (κ3) is 4.91. The van der Waals surface area contributed by atoms with Gasteiger partial charge in [-0.1, -0.05) is 13.8 Å². The highest BCUT2D eigenvalue weighted by Crippen LogP contribution is 2.17. The van der Waals surface area contributed by atoms with Crippen molar-refractivity contribution >= 4 is 0 Å². The summed E-state index contributed by atoms with van der Waals surface area (Å²) < 4.78 is 7.65. The van der Waals surface area contributed by atoms with E-state index in [1.54, 1.807) is 6.33 Å². The number of ether oxygens (including phenoxy) is 1. The van der Waals surface area contributed by atoms with Gasteiger partial charge in [0.05, 0.1) is 12.6 Å². The summed E-state index contributed by atoms with van der Waals surface area (Å²) >= 11 is 0. The fraction of sp³-hybridized carbons (Fsp3) is 0.857. The Morgan fingerprint density at radius 3 is 3.16 bits per heavy atom. The molecule has 2 rings (SSSR count). The summed E-state index contributed by atoms with van der Waals surface area (Å²) in [6.45, 7) is 8.12. The molecule has 1 unspecified atom stereocenters. The highest BCUT2D eigenvalue weighted by Gasteiger charge is 2.15. The Kier molecular flexibility index (Phi) is 5.79. The van der Waals surface area contributed by atoms with Crippen molar-refractivity contribution in [2.75, 3.05) is 13.2 Å². The Balaban J connectivity index is 1.69. The number of hydrogen-bond acceptors (Lipinski definition) is 4. The Morgan fingerprint density at radius 2 is 2.42 bits per heavy atom. The number of nitrogens with one attached hydrogen (secondary N) is 1. The molecule has 5 heteroatoms. The van der Waals surface area contributed by atoms with Crippen LogP contribution in [0, 0.1) is 5.92 Å². The number of aryl methyl sites for hydroxylation is 1. The lowest BCUT2D eigenvalue weighted by Crippen LogP contribution is -2.22. The molecule has 108 valence electrons. The van der Waals surface area contributed by atoms with Crippen LogP contribution in [-0.2, 0) is 17.8 Å². The van der Waals surface area contributed by atoms with Crippen LogP contribution in [-0.4, -0.2) is 34.0 Å². The zero-order valence-electron chi connectivity index (χ0n) is 12.1. The molecule has 2 heterocycles. The van der Waals surface area contributed by atoms with E-state index in [1.165, 1.54) is 12.8 Å². The van der Waals surface area contributed by atoms with E-state index in [1.807, 2.05) is 4.68 Å². The van der Waals surface area contributed by atoms with E-state index in [-0.39, 0.29) is 0 Å². The van der Waals surface area contributed by atoms with Crippen LogP contribution in [0.15, 0.2) is 6.33 Å². The maximum absolute atomic E-state index is 5.64. The van der Waals surface area contributed by atoms with Gasteiger partial charge in [0.25, 0.3) is 0 Å². The molecule has 0 radical (unpaired) electrons. The molecule has 19 heavy (non-hydrogen) atoms. The third-order valence-electron chi connectivity index (χ3n) is 3.45. The van der Waals surface area contributed by atoms with Crippen molar-refractivity contribution in [3.63, 3.8) is 0 Å². The normalized spacial score (nSPS) is 19.4. The Bertz CT molecular complexity index is 358. The van der Waals surface area contributed by atoms with Crippen molar-refractivity contribution < 1.29 is 4.74 Å². The minimum absolute atomic E-state index is 0.478. The third-order valence-corrected chi connectivity index (χ3v) is 3.45. The quantitative estimate of drug-likeness (QED) is 0.782. The van der Waals surface area contributed by atoms with Crippen molar-refractivity contribution in [2.24, 2.45) is 5.92 Å². The van der Waals surface area contributed by atoms with Gasteiger partial charge in [0, 0.05) is 13.2 Å². The highest BCUT2D eigenvalue weighted by molar-refractivity contribution is 4.84. The minimum Gasteiger partial charge on any atom is -0.378 e. The molecule has 0 aliphatic carbocycles. The molecule has 0 bridgehead atoms. The number of aromatic nitrogens is 3. The molecule has 1 aliphatic heterocycles. The Hall–Kier alpha value is -0.940. The van der Waals surface area contributed by atoms with Crippen LogP contribution in [0.2, 0.25) is 0 Å². The Labute approximate surface area is 115 Å². The average molecular weight is 266 g/mol. The fourth-order valence-electron chi connectivity index (χ4n) is 2.43. The minimum atomic E-state index is 0.478. The standard InChI is InChI=1S/C14H26N4O/c1-12(2)9-15-10-14-16-11-17-18(14)7-3-5-13-6-4-8-19-13/h11-13,15H,3-10H2,1-2H3. The number of hydrogen-bond donors (Lipinski definition) is 1. The van der Waals surface area contributed by atoms with E-state index in [4.69, 9.17) is 4.74 Å². The molecule has 0 amide bonds. The summed E-state index contributed by atoms with van der Waals surface area (Å²) in [5.74, 6) is 1.70. The predicted octanol–water partition coefficient (Wildman–Crippen LogP) is 1.98. The van der Waals surface area contributed by atoms with Gasteiger partial charge in [-0.05, 0) is 38.1 Å². The summed E-state index contributed by atoms with van der Waals surface area (Å²) in [4.78, 5) is 4.32. The first-order chi connectivity index (χ1) is 9.25. The van der Waals surface area contributed by atoms with E-state index in [0.29, 0.717) is 12.0 Å². The summed E-state index contributed by atoms with van der Waals surface area (Å²) in [5, 5.41) is 7.71. The second-order valence-electron chi connectivity index (χ2n) is 5.70. The fourth-order valence-corrected chi connectivity index (χ4v) is 2.43. The average Bonchev–Trinajstić information content (AvgIpc) is 3.01. The summed E-state index contributed by atoms with van der Waals surface area (Å²) in [5.41, 5.74) is 0. The first-order valence-corrected chi connectivity index (χ1v) is 7.44. The SMILES string of the molecule is CC(C)CNCc1ncnn1CCCC1CCCO1. The van der Waals surface area contributed by atoms with Gasteiger partial charge in [-0.2, -0.15) is 5.10 Å². The Morgan fingerprint density at radius 1 is 1.53 bits per heavy atom. The van der Waals surface area contributed by atoms with E-state index >= 15 is 0 Å². The van der Waals surface area contributed by atoms with Gasteiger partial charge in [0.15, 0.2) is 0 Å². The van der Waals surface area contributed by atoms with Crippen LogP contribution >= 0.6 is 0 Å². The largest absolute Gasteiger partial charge is 0.378 e. The maximum atomic E-state index is 5.64. The number of nitrogens with zero attached hydrogens (tertiary/aromatic N) is 3. The van der Waals surface area contributed by atoms with Crippen LogP contribution in [0.5, 0.6) is 0 Å². The molecule has 1 atom stereocenters. The monoisotopic (exact) mass is 266 g/mol. The molecule has 0 spiro atoms. The van der Waals surface area contributed by atoms with E-state index in [9.17, 15) is 0 Å². The van der Waals surface area contributed by atoms with Crippen LogP contribution in [0.4, 0.5) is 0 Å². The zero-order valence-corrected chi connectivity index (χ0v) is 12.1. The second-order valence-corrected chi connectivity index (χ2v) is 5.70. The first kappa shape index (κ1) is 14.5. The van der Waals surface area contributed by atoms with E-state index < -0.39 is 0 Å². The van der Waals surface area contributed by atoms with Crippen molar-refractivity contribution in [1.29, 1.82) is 0 Å². The summed E-state index contributed by atoms with van der Waals surface area (Å²) in [6.07, 6.45) is 6.83. The van der Waals surface area contributed by atoms with Gasteiger partial charge < -0.3 is 10.1 Å². The molecule has 1 aromatic heterocycles. The predicted molar refractivity (Wildman–Crippen MR) is 74.8 cm³/mol. The first-order valence-electron chi connectivity index (χ1n) is 7.44. The zero-order chi connectivity index (χ0) is 13.5. The maximum Gasteiger partial charge on any atom is 0.140 e. The van der Waals surface area contributed by atoms with Crippen molar-refractivity contribution in [3.8, 4) is 0 Å². The van der Waals surface area contributed by atoms with Gasteiger partial charge in [-0.25, -0.2) is 9.67 Å². The molecule has 1 fully saturated rings. The van der Waals surface area contributed by atoms with Crippen LogP contribution in [0.3, 0.4) is 0 Å². The molecule has 0 aromatic carbocycles. The molecule has 1 saturated heterocycles. The lowest BCUT2D eigenvalue weighted by atomic mass is 10.1. The second kappa shape index (κ2) is 7.60. The van der Waals surface area contributed by atoms with Crippen molar-refractivity contribution in [1.82, 2.24) is 20.1 Å². The summed E-state index contributed by atoms with van der Waals surface area (Å²) in [6, 6.07) is 0. The van der Waals surface area contributed by atoms with Gasteiger partial charge in [-0.15, -0.1) is 0 Å². The van der Waals surface area contributed by atoms with Gasteiger partial charge in [0.1, 0.15) is 12.2 Å². The molecule has 5 nitrogen and oxygen atoms in total. The lowest BCUT2D eigenvalue weighted by Gasteiger charge is -2.11. The van der Waals surface area contributed by atoms with Crippen LogP contribution in [0.1, 0.15) is 45.4 Å². The molecule has 1 N–H and O–H groups in total. The summed E-state index contributed by atoms with van der Waals surface area (Å²) in [7, 11) is 0. The van der Waals surface area contributed by atoms with E-state index in [2.05, 4.69) is 29.2 Å². The molecular weight excluding hydrogens is 240 g/mol. The van der Waals surface area contributed by atoms with Crippen LogP contribution in [0.25, 0.3) is 0 Å². The highest BCUT2D eigenvalue weighted by atomic mass is 16.5. The van der Waals surface area contributed by atoms with E-state index in [0.717, 1.165) is 44.9 Å². The molecule has 1 aromatic rings. The smallest absolute Gasteiger partial charge is 0.140 e. The molecule has 0 saturated carbocycles. The van der Waals surface area contributed by atoms with Gasteiger partial charge >= 0.3 is 0 Å². The van der Waals surface area contributed by atoms with Crippen molar-refractivity contribution in [2.45, 2.75) is 58.7 Å². The molecule has 1 aliphatic rings.